The lowest BCUT2D eigenvalue weighted by Crippen LogP contribution is -2.46. The lowest BCUT2D eigenvalue weighted by Gasteiger charge is -2.24. The van der Waals surface area contributed by atoms with Gasteiger partial charge in [-0.05, 0) is 31.1 Å². The first-order valence-electron chi connectivity index (χ1n) is 7.68. The van der Waals surface area contributed by atoms with E-state index in [0.29, 0.717) is 24.4 Å². The molecule has 4 unspecified atom stereocenters. The summed E-state index contributed by atoms with van der Waals surface area (Å²) in [5, 5.41) is 6.55. The van der Waals surface area contributed by atoms with E-state index in [-0.39, 0.29) is 30.5 Å². The van der Waals surface area contributed by atoms with E-state index in [0.717, 1.165) is 6.42 Å². The highest BCUT2D eigenvalue weighted by Gasteiger charge is 2.38. The number of rotatable bonds is 5. The van der Waals surface area contributed by atoms with Crippen molar-refractivity contribution in [1.29, 1.82) is 0 Å². The molecule has 0 aromatic heterocycles. The first-order valence-corrected chi connectivity index (χ1v) is 7.68. The van der Waals surface area contributed by atoms with Crippen molar-refractivity contribution < 1.29 is 9.53 Å². The van der Waals surface area contributed by atoms with E-state index in [1.807, 2.05) is 0 Å². The van der Waals surface area contributed by atoms with Crippen LogP contribution in [0.1, 0.15) is 46.0 Å². The number of halogens is 1. The van der Waals surface area contributed by atoms with Crippen molar-refractivity contribution in [2.24, 2.45) is 11.8 Å². The number of carbonyl (C=O) groups is 1. The zero-order valence-electron chi connectivity index (χ0n) is 12.9. The maximum atomic E-state index is 12.2. The van der Waals surface area contributed by atoms with Gasteiger partial charge < -0.3 is 15.4 Å². The van der Waals surface area contributed by atoms with Crippen molar-refractivity contribution in [1.82, 2.24) is 10.6 Å². The van der Waals surface area contributed by atoms with Crippen LogP contribution in [0.3, 0.4) is 0 Å². The van der Waals surface area contributed by atoms with Gasteiger partial charge in [-0.25, -0.2) is 0 Å². The Morgan fingerprint density at radius 1 is 1.35 bits per heavy atom. The smallest absolute Gasteiger partial charge is 0.237 e. The number of ether oxygens (including phenoxy) is 1. The Balaban J connectivity index is 0.00000200. The molecule has 0 radical (unpaired) electrons. The van der Waals surface area contributed by atoms with E-state index in [4.69, 9.17) is 4.74 Å². The maximum Gasteiger partial charge on any atom is 0.237 e. The van der Waals surface area contributed by atoms with Crippen molar-refractivity contribution in [3.05, 3.63) is 0 Å². The van der Waals surface area contributed by atoms with E-state index in [9.17, 15) is 4.79 Å². The summed E-state index contributed by atoms with van der Waals surface area (Å²) in [5.41, 5.74) is 0. The summed E-state index contributed by atoms with van der Waals surface area (Å²) >= 11 is 0. The summed E-state index contributed by atoms with van der Waals surface area (Å²) in [6.45, 7) is 4.84. The van der Waals surface area contributed by atoms with Gasteiger partial charge in [-0.3, -0.25) is 4.79 Å². The molecule has 2 aliphatic rings. The second-order valence-electron chi connectivity index (χ2n) is 6.37. The van der Waals surface area contributed by atoms with Gasteiger partial charge in [-0.15, -0.1) is 12.4 Å². The third kappa shape index (κ3) is 4.34. The predicted molar refractivity (Wildman–Crippen MR) is 83.2 cm³/mol. The molecule has 1 aliphatic carbocycles. The number of methoxy groups -OCH3 is 1. The van der Waals surface area contributed by atoms with Crippen LogP contribution < -0.4 is 10.6 Å². The summed E-state index contributed by atoms with van der Waals surface area (Å²) in [6, 6.07) is 0.589. The van der Waals surface area contributed by atoms with Crippen LogP contribution in [-0.2, 0) is 9.53 Å². The van der Waals surface area contributed by atoms with Gasteiger partial charge >= 0.3 is 0 Å². The topological polar surface area (TPSA) is 50.4 Å². The second-order valence-corrected chi connectivity index (χ2v) is 6.37. The van der Waals surface area contributed by atoms with Gasteiger partial charge in [0.1, 0.15) is 0 Å². The van der Waals surface area contributed by atoms with Crippen LogP contribution >= 0.6 is 12.4 Å². The average molecular weight is 305 g/mol. The van der Waals surface area contributed by atoms with Crippen molar-refractivity contribution in [3.63, 3.8) is 0 Å². The molecule has 1 saturated heterocycles. The highest BCUT2D eigenvalue weighted by Crippen LogP contribution is 2.33. The third-order valence-corrected chi connectivity index (χ3v) is 4.70. The third-order valence-electron chi connectivity index (χ3n) is 4.70. The standard InChI is InChI=1S/C15H28N2O2.ClH/c1-10(2)14(19-3)9-16-15(18)13-8-11-6-4-5-7-12(11)17-13;/h10-14,17H,4-9H2,1-3H3,(H,16,18);1H. The molecule has 1 amide bonds. The average Bonchev–Trinajstić information content (AvgIpc) is 2.82. The molecule has 5 heteroatoms. The maximum absolute atomic E-state index is 12.2. The fourth-order valence-electron chi connectivity index (χ4n) is 3.44. The van der Waals surface area contributed by atoms with E-state index >= 15 is 0 Å². The Hall–Kier alpha value is -0.320. The fraction of sp³-hybridized carbons (Fsp3) is 0.933. The Morgan fingerprint density at radius 3 is 2.65 bits per heavy atom. The molecule has 4 atom stereocenters. The van der Waals surface area contributed by atoms with Gasteiger partial charge in [0.05, 0.1) is 12.1 Å². The monoisotopic (exact) mass is 304 g/mol. The molecule has 2 rings (SSSR count). The number of nitrogens with one attached hydrogen (secondary N) is 2. The zero-order valence-corrected chi connectivity index (χ0v) is 13.7. The molecule has 0 aromatic rings. The summed E-state index contributed by atoms with van der Waals surface area (Å²) in [7, 11) is 1.71. The number of carbonyl (C=O) groups excluding carboxylic acids is 1. The summed E-state index contributed by atoms with van der Waals surface area (Å²) in [4.78, 5) is 12.2. The first-order chi connectivity index (χ1) is 9.11. The largest absolute Gasteiger partial charge is 0.379 e. The molecule has 0 bridgehead atoms. The molecule has 20 heavy (non-hydrogen) atoms. The fourth-order valence-corrected chi connectivity index (χ4v) is 3.44. The lowest BCUT2D eigenvalue weighted by molar-refractivity contribution is -0.123. The summed E-state index contributed by atoms with van der Waals surface area (Å²) in [5.74, 6) is 1.29. The molecule has 2 N–H and O–H groups in total. The molecule has 4 nitrogen and oxygen atoms in total. The Kier molecular flexibility index (Phi) is 7.27. The number of hydrogen-bond donors (Lipinski definition) is 2. The van der Waals surface area contributed by atoms with Gasteiger partial charge in [0.15, 0.2) is 0 Å². The Labute approximate surface area is 128 Å². The molecular formula is C15H29ClN2O2. The van der Waals surface area contributed by atoms with Crippen molar-refractivity contribution in [2.75, 3.05) is 13.7 Å². The van der Waals surface area contributed by atoms with Gasteiger partial charge in [-0.1, -0.05) is 26.7 Å². The van der Waals surface area contributed by atoms with Crippen LogP contribution in [0.2, 0.25) is 0 Å². The lowest BCUT2D eigenvalue weighted by atomic mass is 9.85. The minimum atomic E-state index is 0. The molecule has 2 fully saturated rings. The van der Waals surface area contributed by atoms with Crippen LogP contribution in [0.25, 0.3) is 0 Å². The van der Waals surface area contributed by atoms with E-state index in [1.54, 1.807) is 7.11 Å². The van der Waals surface area contributed by atoms with E-state index in [1.165, 1.54) is 25.7 Å². The molecule has 0 spiro atoms. The van der Waals surface area contributed by atoms with Crippen molar-refractivity contribution >= 4 is 18.3 Å². The molecule has 1 aliphatic heterocycles. The quantitative estimate of drug-likeness (QED) is 0.818. The van der Waals surface area contributed by atoms with Crippen LogP contribution in [-0.4, -0.2) is 37.7 Å². The van der Waals surface area contributed by atoms with Gasteiger partial charge in [0.2, 0.25) is 5.91 Å². The highest BCUT2D eigenvalue weighted by atomic mass is 35.5. The Morgan fingerprint density at radius 2 is 2.05 bits per heavy atom. The van der Waals surface area contributed by atoms with Crippen LogP contribution in [0, 0.1) is 11.8 Å². The zero-order chi connectivity index (χ0) is 13.8. The SMILES string of the molecule is COC(CNC(=O)C1CC2CCCCC2N1)C(C)C.Cl. The second kappa shape index (κ2) is 8.20. The van der Waals surface area contributed by atoms with Crippen LogP contribution in [0.15, 0.2) is 0 Å². The molecule has 0 aromatic carbocycles. The Bertz CT molecular complexity index is 298. The minimum Gasteiger partial charge on any atom is -0.379 e. The molecular weight excluding hydrogens is 276 g/mol. The summed E-state index contributed by atoms with van der Waals surface area (Å²) < 4.78 is 5.38. The normalized spacial score (nSPS) is 30.5. The first kappa shape index (κ1) is 17.7. The molecule has 118 valence electrons. The molecule has 1 heterocycles. The van der Waals surface area contributed by atoms with Crippen molar-refractivity contribution in [2.45, 2.75) is 64.1 Å². The number of fused-ring (bicyclic) bond motifs is 1. The van der Waals surface area contributed by atoms with E-state index < -0.39 is 0 Å². The summed E-state index contributed by atoms with van der Waals surface area (Å²) in [6.07, 6.45) is 6.27. The van der Waals surface area contributed by atoms with Crippen LogP contribution in [0.5, 0.6) is 0 Å². The van der Waals surface area contributed by atoms with Gasteiger partial charge in [-0.2, -0.15) is 0 Å². The van der Waals surface area contributed by atoms with Gasteiger partial charge in [0, 0.05) is 19.7 Å². The molecule has 1 saturated carbocycles. The predicted octanol–water partition coefficient (Wildman–Crippen LogP) is 2.12. The van der Waals surface area contributed by atoms with Crippen LogP contribution in [0.4, 0.5) is 0 Å². The number of hydrogen-bond acceptors (Lipinski definition) is 3. The minimum absolute atomic E-state index is 0. The highest BCUT2D eigenvalue weighted by molar-refractivity contribution is 5.85. The number of amides is 1. The van der Waals surface area contributed by atoms with Gasteiger partial charge in [0.25, 0.3) is 0 Å². The van der Waals surface area contributed by atoms with E-state index in [2.05, 4.69) is 24.5 Å². The van der Waals surface area contributed by atoms with Crippen molar-refractivity contribution in [3.8, 4) is 0 Å².